The lowest BCUT2D eigenvalue weighted by atomic mass is 9.85. The van der Waals surface area contributed by atoms with Gasteiger partial charge in [0, 0.05) is 25.7 Å². The van der Waals surface area contributed by atoms with E-state index in [1.54, 1.807) is 6.33 Å². The third-order valence-electron chi connectivity index (χ3n) is 4.72. The van der Waals surface area contributed by atoms with E-state index in [2.05, 4.69) is 20.2 Å². The Balaban J connectivity index is 1.60. The second-order valence-corrected chi connectivity index (χ2v) is 6.45. The fourth-order valence-corrected chi connectivity index (χ4v) is 3.38. The highest BCUT2D eigenvalue weighted by Gasteiger charge is 2.28. The van der Waals surface area contributed by atoms with Crippen LogP contribution in [0.4, 0.5) is 11.6 Å². The molecule has 1 aromatic heterocycles. The van der Waals surface area contributed by atoms with Crippen LogP contribution in [0, 0.1) is 0 Å². The molecule has 0 unspecified atom stereocenters. The van der Waals surface area contributed by atoms with Crippen molar-refractivity contribution in [2.24, 2.45) is 0 Å². The highest BCUT2D eigenvalue weighted by Crippen LogP contribution is 2.28. The van der Waals surface area contributed by atoms with E-state index in [0.29, 0.717) is 6.54 Å². The lowest BCUT2D eigenvalue weighted by Gasteiger charge is -2.32. The predicted molar refractivity (Wildman–Crippen MR) is 84.6 cm³/mol. The Hall–Kier alpha value is -1.36. The van der Waals surface area contributed by atoms with Gasteiger partial charge in [-0.2, -0.15) is 0 Å². The van der Waals surface area contributed by atoms with Gasteiger partial charge >= 0.3 is 0 Å². The second kappa shape index (κ2) is 6.60. The van der Waals surface area contributed by atoms with E-state index in [0.717, 1.165) is 50.4 Å². The van der Waals surface area contributed by atoms with E-state index < -0.39 is 5.60 Å². The molecule has 0 aromatic carbocycles. The van der Waals surface area contributed by atoms with Crippen LogP contribution >= 0.6 is 0 Å². The van der Waals surface area contributed by atoms with Crippen LogP contribution in [0.3, 0.4) is 0 Å². The minimum absolute atomic E-state index is 0.561. The van der Waals surface area contributed by atoms with Crippen LogP contribution in [0.15, 0.2) is 12.4 Å². The van der Waals surface area contributed by atoms with Gasteiger partial charge in [-0.05, 0) is 32.1 Å². The number of anilines is 2. The molecular weight excluding hydrogens is 264 g/mol. The topological polar surface area (TPSA) is 61.3 Å². The Morgan fingerprint density at radius 1 is 1.05 bits per heavy atom. The molecule has 1 aliphatic carbocycles. The summed E-state index contributed by atoms with van der Waals surface area (Å²) < 4.78 is 0. The monoisotopic (exact) mass is 290 g/mol. The molecule has 2 fully saturated rings. The van der Waals surface area contributed by atoms with Crippen LogP contribution in [-0.2, 0) is 0 Å². The van der Waals surface area contributed by atoms with Gasteiger partial charge in [0.05, 0.1) is 5.60 Å². The van der Waals surface area contributed by atoms with Gasteiger partial charge in [-0.15, -0.1) is 0 Å². The van der Waals surface area contributed by atoms with Crippen LogP contribution in [0.25, 0.3) is 0 Å². The zero-order chi connectivity index (χ0) is 14.5. The van der Waals surface area contributed by atoms with E-state index in [-0.39, 0.29) is 0 Å². The number of nitrogens with zero attached hydrogens (tertiary/aromatic N) is 3. The number of hydrogen-bond acceptors (Lipinski definition) is 5. The van der Waals surface area contributed by atoms with Crippen molar-refractivity contribution in [3.63, 3.8) is 0 Å². The fourth-order valence-electron chi connectivity index (χ4n) is 3.38. The first kappa shape index (κ1) is 14.6. The highest BCUT2D eigenvalue weighted by molar-refractivity contribution is 5.48. The molecular formula is C16H26N4O. The molecule has 1 saturated heterocycles. The van der Waals surface area contributed by atoms with Gasteiger partial charge in [-0.25, -0.2) is 9.97 Å². The molecule has 21 heavy (non-hydrogen) atoms. The first-order valence-corrected chi connectivity index (χ1v) is 8.28. The maximum absolute atomic E-state index is 10.5. The summed E-state index contributed by atoms with van der Waals surface area (Å²) in [5.41, 5.74) is -0.561. The Morgan fingerprint density at radius 3 is 2.52 bits per heavy atom. The first-order chi connectivity index (χ1) is 10.3. The summed E-state index contributed by atoms with van der Waals surface area (Å²) in [6, 6.07) is 2.01. The summed E-state index contributed by atoms with van der Waals surface area (Å²) in [7, 11) is 0. The quantitative estimate of drug-likeness (QED) is 0.892. The number of piperidine rings is 1. The summed E-state index contributed by atoms with van der Waals surface area (Å²) in [4.78, 5) is 11.0. The normalized spacial score (nSPS) is 22.0. The fraction of sp³-hybridized carbons (Fsp3) is 0.750. The van der Waals surface area contributed by atoms with Gasteiger partial charge in [-0.3, -0.25) is 0 Å². The van der Waals surface area contributed by atoms with Crippen molar-refractivity contribution in [2.75, 3.05) is 29.9 Å². The van der Waals surface area contributed by atoms with Crippen LogP contribution in [0.2, 0.25) is 0 Å². The molecule has 2 aliphatic rings. The van der Waals surface area contributed by atoms with Crippen LogP contribution in [0.5, 0.6) is 0 Å². The smallest absolute Gasteiger partial charge is 0.134 e. The van der Waals surface area contributed by atoms with Gasteiger partial charge in [0.2, 0.25) is 0 Å². The largest absolute Gasteiger partial charge is 0.388 e. The predicted octanol–water partition coefficient (Wildman–Crippen LogP) is 2.57. The summed E-state index contributed by atoms with van der Waals surface area (Å²) in [5, 5.41) is 13.8. The lowest BCUT2D eigenvalue weighted by molar-refractivity contribution is 0.0166. The van der Waals surface area contributed by atoms with Gasteiger partial charge in [0.15, 0.2) is 0 Å². The van der Waals surface area contributed by atoms with E-state index in [1.165, 1.54) is 25.7 Å². The van der Waals surface area contributed by atoms with Crippen molar-refractivity contribution in [1.82, 2.24) is 9.97 Å². The molecule has 5 heteroatoms. The zero-order valence-corrected chi connectivity index (χ0v) is 12.7. The molecule has 5 nitrogen and oxygen atoms in total. The lowest BCUT2D eigenvalue weighted by Crippen LogP contribution is -2.39. The summed E-state index contributed by atoms with van der Waals surface area (Å²) in [6.45, 7) is 2.75. The summed E-state index contributed by atoms with van der Waals surface area (Å²) in [6.07, 6.45) is 10.7. The van der Waals surface area contributed by atoms with Gasteiger partial charge in [0.25, 0.3) is 0 Å². The number of aromatic nitrogens is 2. The van der Waals surface area contributed by atoms with Gasteiger partial charge < -0.3 is 15.3 Å². The molecule has 0 spiro atoms. The standard InChI is InChI=1S/C16H26N4O/c21-16(7-3-1-4-8-16)12-17-14-11-15(19-13-18-14)20-9-5-2-6-10-20/h11,13,21H,1-10,12H2,(H,17,18,19). The van der Waals surface area contributed by atoms with E-state index in [1.807, 2.05) is 6.07 Å². The molecule has 3 rings (SSSR count). The average molecular weight is 290 g/mol. The molecule has 2 N–H and O–H groups in total. The van der Waals surface area contributed by atoms with Crippen molar-refractivity contribution >= 4 is 11.6 Å². The van der Waals surface area contributed by atoms with Crippen LogP contribution < -0.4 is 10.2 Å². The second-order valence-electron chi connectivity index (χ2n) is 6.45. The van der Waals surface area contributed by atoms with E-state index in [4.69, 9.17) is 0 Å². The molecule has 0 bridgehead atoms. The van der Waals surface area contributed by atoms with Crippen molar-refractivity contribution in [1.29, 1.82) is 0 Å². The molecule has 116 valence electrons. The highest BCUT2D eigenvalue weighted by atomic mass is 16.3. The molecule has 0 radical (unpaired) electrons. The molecule has 1 saturated carbocycles. The van der Waals surface area contributed by atoms with E-state index >= 15 is 0 Å². The minimum atomic E-state index is -0.561. The summed E-state index contributed by atoms with van der Waals surface area (Å²) in [5.74, 6) is 1.83. The molecule has 1 aromatic rings. The van der Waals surface area contributed by atoms with Crippen molar-refractivity contribution < 1.29 is 5.11 Å². The molecule has 0 atom stereocenters. The van der Waals surface area contributed by atoms with Crippen molar-refractivity contribution in [3.05, 3.63) is 12.4 Å². The Bertz CT molecular complexity index is 453. The minimum Gasteiger partial charge on any atom is -0.388 e. The first-order valence-electron chi connectivity index (χ1n) is 8.28. The molecule has 2 heterocycles. The Morgan fingerprint density at radius 2 is 1.76 bits per heavy atom. The van der Waals surface area contributed by atoms with Gasteiger partial charge in [0.1, 0.15) is 18.0 Å². The number of nitrogens with one attached hydrogen (secondary N) is 1. The third kappa shape index (κ3) is 3.84. The van der Waals surface area contributed by atoms with Crippen molar-refractivity contribution in [2.45, 2.75) is 57.0 Å². The van der Waals surface area contributed by atoms with E-state index in [9.17, 15) is 5.11 Å². The molecule has 1 aliphatic heterocycles. The Labute approximate surface area is 126 Å². The number of rotatable bonds is 4. The molecule has 0 amide bonds. The SMILES string of the molecule is OC1(CNc2cc(N3CCCCC3)ncn2)CCCCC1. The zero-order valence-electron chi connectivity index (χ0n) is 12.7. The number of hydrogen-bond donors (Lipinski definition) is 2. The number of aliphatic hydroxyl groups is 1. The van der Waals surface area contributed by atoms with Crippen molar-refractivity contribution in [3.8, 4) is 0 Å². The Kier molecular flexibility index (Phi) is 4.58. The van der Waals surface area contributed by atoms with Gasteiger partial charge in [-0.1, -0.05) is 19.3 Å². The third-order valence-corrected chi connectivity index (χ3v) is 4.72. The summed E-state index contributed by atoms with van der Waals surface area (Å²) >= 11 is 0. The maximum Gasteiger partial charge on any atom is 0.134 e. The van der Waals surface area contributed by atoms with Crippen LogP contribution in [0.1, 0.15) is 51.4 Å². The van der Waals surface area contributed by atoms with Crippen LogP contribution in [-0.4, -0.2) is 40.3 Å². The average Bonchev–Trinajstić information content (AvgIpc) is 2.55. The maximum atomic E-state index is 10.5.